The van der Waals surface area contributed by atoms with E-state index in [9.17, 15) is 9.59 Å². The minimum atomic E-state index is -0.246. The topological polar surface area (TPSA) is 70.2 Å². The van der Waals surface area contributed by atoms with Crippen molar-refractivity contribution in [2.75, 3.05) is 5.32 Å². The molecule has 3 amide bonds. The molecule has 1 aliphatic rings. The van der Waals surface area contributed by atoms with Gasteiger partial charge in [0.1, 0.15) is 0 Å². The predicted octanol–water partition coefficient (Wildman–Crippen LogP) is 3.05. The summed E-state index contributed by atoms with van der Waals surface area (Å²) in [7, 11) is 0. The van der Waals surface area contributed by atoms with Crippen LogP contribution in [0.3, 0.4) is 0 Å². The number of carbonyl (C=O) groups excluding carboxylic acids is 2. The molecule has 120 valence electrons. The van der Waals surface area contributed by atoms with Gasteiger partial charge in [-0.3, -0.25) is 4.79 Å². The van der Waals surface area contributed by atoms with E-state index in [4.69, 9.17) is 0 Å². The van der Waals surface area contributed by atoms with Crippen molar-refractivity contribution in [3.8, 4) is 0 Å². The van der Waals surface area contributed by atoms with Crippen LogP contribution in [0.25, 0.3) is 0 Å². The highest BCUT2D eigenvalue weighted by atomic mass is 16.2. The zero-order valence-corrected chi connectivity index (χ0v) is 13.7. The maximum absolute atomic E-state index is 12.1. The lowest BCUT2D eigenvalue weighted by Crippen LogP contribution is -2.39. The molecule has 1 fully saturated rings. The summed E-state index contributed by atoms with van der Waals surface area (Å²) in [6.07, 6.45) is 2.11. The Hall–Kier alpha value is -2.04. The fraction of sp³-hybridized carbons (Fsp3) is 0.529. The van der Waals surface area contributed by atoms with E-state index in [0.717, 1.165) is 18.4 Å². The molecular weight excluding hydrogens is 278 g/mol. The number of nitrogens with one attached hydrogen (secondary N) is 3. The third kappa shape index (κ3) is 4.48. The van der Waals surface area contributed by atoms with E-state index in [-0.39, 0.29) is 18.0 Å². The van der Waals surface area contributed by atoms with Gasteiger partial charge in [0, 0.05) is 23.3 Å². The molecular formula is C17H25N3O2. The molecule has 0 saturated heterocycles. The number of anilines is 1. The van der Waals surface area contributed by atoms with Crippen molar-refractivity contribution in [1.29, 1.82) is 0 Å². The van der Waals surface area contributed by atoms with Crippen LogP contribution in [0, 0.1) is 12.8 Å². The lowest BCUT2D eigenvalue weighted by Gasteiger charge is -2.18. The first-order valence-corrected chi connectivity index (χ1v) is 7.86. The van der Waals surface area contributed by atoms with Crippen molar-refractivity contribution in [2.24, 2.45) is 5.92 Å². The molecule has 1 atom stereocenters. The number of hydrogen-bond acceptors (Lipinski definition) is 2. The van der Waals surface area contributed by atoms with Gasteiger partial charge in [0.25, 0.3) is 5.91 Å². The van der Waals surface area contributed by atoms with Gasteiger partial charge in [-0.25, -0.2) is 4.79 Å². The van der Waals surface area contributed by atoms with Crippen LogP contribution in [0.2, 0.25) is 0 Å². The minimum Gasteiger partial charge on any atom is -0.349 e. The number of aryl methyl sites for hydroxylation is 1. The Morgan fingerprint density at radius 2 is 1.86 bits per heavy atom. The van der Waals surface area contributed by atoms with E-state index >= 15 is 0 Å². The third-order valence-electron chi connectivity index (χ3n) is 4.02. The van der Waals surface area contributed by atoms with Gasteiger partial charge in [-0.1, -0.05) is 19.9 Å². The lowest BCUT2D eigenvalue weighted by molar-refractivity contribution is 0.0951. The predicted molar refractivity (Wildman–Crippen MR) is 88.1 cm³/mol. The average Bonchev–Trinajstić information content (AvgIpc) is 3.24. The van der Waals surface area contributed by atoms with Crippen LogP contribution in [0.15, 0.2) is 18.2 Å². The van der Waals surface area contributed by atoms with Crippen molar-refractivity contribution in [1.82, 2.24) is 10.6 Å². The Kier molecular flexibility index (Phi) is 5.06. The number of amides is 3. The number of benzene rings is 1. The fourth-order valence-corrected chi connectivity index (χ4v) is 1.93. The Bertz CT molecular complexity index is 565. The Balaban J connectivity index is 2.02. The van der Waals surface area contributed by atoms with Gasteiger partial charge in [0.05, 0.1) is 0 Å². The summed E-state index contributed by atoms with van der Waals surface area (Å²) in [6, 6.07) is 5.52. The van der Waals surface area contributed by atoms with Gasteiger partial charge in [-0.05, 0) is 50.3 Å². The van der Waals surface area contributed by atoms with Crippen molar-refractivity contribution < 1.29 is 9.59 Å². The minimum absolute atomic E-state index is 0.0819. The third-order valence-corrected chi connectivity index (χ3v) is 4.02. The van der Waals surface area contributed by atoms with E-state index in [1.54, 1.807) is 12.1 Å². The highest BCUT2D eigenvalue weighted by molar-refractivity contribution is 5.97. The zero-order chi connectivity index (χ0) is 16.3. The highest BCUT2D eigenvalue weighted by Crippen LogP contribution is 2.21. The second-order valence-electron chi connectivity index (χ2n) is 6.41. The molecule has 3 N–H and O–H groups in total. The monoisotopic (exact) mass is 303 g/mol. The summed E-state index contributed by atoms with van der Waals surface area (Å²) < 4.78 is 0. The molecule has 1 aromatic carbocycles. The standard InChI is InChI=1S/C17H25N3O2/c1-10(2)12(4)18-17(22)20-15-9-13(6-5-11(15)3)16(21)19-14-7-8-14/h5-6,9-10,12,14H,7-8H2,1-4H3,(H,19,21)(H2,18,20,22). The molecule has 1 unspecified atom stereocenters. The quantitative estimate of drug-likeness (QED) is 0.782. The van der Waals surface area contributed by atoms with Crippen LogP contribution in [-0.4, -0.2) is 24.0 Å². The van der Waals surface area contributed by atoms with Gasteiger partial charge in [-0.15, -0.1) is 0 Å². The number of urea groups is 1. The maximum Gasteiger partial charge on any atom is 0.319 e. The Morgan fingerprint density at radius 1 is 1.18 bits per heavy atom. The van der Waals surface area contributed by atoms with Crippen LogP contribution >= 0.6 is 0 Å². The number of rotatable bonds is 5. The van der Waals surface area contributed by atoms with Gasteiger partial charge >= 0.3 is 6.03 Å². The van der Waals surface area contributed by atoms with Crippen molar-refractivity contribution in [3.05, 3.63) is 29.3 Å². The molecule has 1 aliphatic carbocycles. The van der Waals surface area contributed by atoms with Gasteiger partial charge in [0.15, 0.2) is 0 Å². The van der Waals surface area contributed by atoms with Crippen LogP contribution in [-0.2, 0) is 0 Å². The molecule has 0 heterocycles. The van der Waals surface area contributed by atoms with Gasteiger partial charge in [0.2, 0.25) is 0 Å². The summed E-state index contributed by atoms with van der Waals surface area (Å²) in [4.78, 5) is 24.1. The Labute approximate surface area is 131 Å². The molecule has 0 aliphatic heterocycles. The van der Waals surface area contributed by atoms with E-state index in [0.29, 0.717) is 23.2 Å². The molecule has 0 aromatic heterocycles. The molecule has 22 heavy (non-hydrogen) atoms. The highest BCUT2D eigenvalue weighted by Gasteiger charge is 2.24. The van der Waals surface area contributed by atoms with Crippen LogP contribution in [0.5, 0.6) is 0 Å². The van der Waals surface area contributed by atoms with Crippen molar-refractivity contribution in [3.63, 3.8) is 0 Å². The van der Waals surface area contributed by atoms with Crippen LogP contribution < -0.4 is 16.0 Å². The average molecular weight is 303 g/mol. The SMILES string of the molecule is Cc1ccc(C(=O)NC2CC2)cc1NC(=O)NC(C)C(C)C. The number of hydrogen-bond donors (Lipinski definition) is 3. The van der Waals surface area contributed by atoms with E-state index < -0.39 is 0 Å². The molecule has 5 heteroatoms. The fourth-order valence-electron chi connectivity index (χ4n) is 1.93. The lowest BCUT2D eigenvalue weighted by atomic mass is 10.1. The number of carbonyl (C=O) groups is 2. The Morgan fingerprint density at radius 3 is 2.45 bits per heavy atom. The van der Waals surface area contributed by atoms with Crippen LogP contribution in [0.1, 0.15) is 49.5 Å². The summed E-state index contributed by atoms with van der Waals surface area (Å²) >= 11 is 0. The normalized spacial score (nSPS) is 15.3. The molecule has 0 radical (unpaired) electrons. The largest absolute Gasteiger partial charge is 0.349 e. The molecule has 5 nitrogen and oxygen atoms in total. The van der Waals surface area contributed by atoms with Crippen molar-refractivity contribution in [2.45, 2.75) is 52.6 Å². The van der Waals surface area contributed by atoms with Crippen LogP contribution in [0.4, 0.5) is 10.5 Å². The summed E-state index contributed by atoms with van der Waals surface area (Å²) in [5.74, 6) is 0.281. The van der Waals surface area contributed by atoms with Crippen molar-refractivity contribution >= 4 is 17.6 Å². The molecule has 1 aromatic rings. The molecule has 1 saturated carbocycles. The van der Waals surface area contributed by atoms with Gasteiger partial charge < -0.3 is 16.0 Å². The van der Waals surface area contributed by atoms with E-state index in [1.807, 2.05) is 19.9 Å². The molecule has 0 bridgehead atoms. The first kappa shape index (κ1) is 16.3. The second-order valence-corrected chi connectivity index (χ2v) is 6.41. The zero-order valence-electron chi connectivity index (χ0n) is 13.7. The second kappa shape index (κ2) is 6.81. The molecule has 0 spiro atoms. The first-order valence-electron chi connectivity index (χ1n) is 7.86. The van der Waals surface area contributed by atoms with Gasteiger partial charge in [-0.2, -0.15) is 0 Å². The molecule has 2 rings (SSSR count). The summed E-state index contributed by atoms with van der Waals surface area (Å²) in [5.41, 5.74) is 2.16. The smallest absolute Gasteiger partial charge is 0.319 e. The first-order chi connectivity index (χ1) is 10.4. The van der Waals surface area contributed by atoms with E-state index in [1.165, 1.54) is 0 Å². The maximum atomic E-state index is 12.1. The summed E-state index contributed by atoms with van der Waals surface area (Å²) in [5, 5.41) is 8.68. The van der Waals surface area contributed by atoms with E-state index in [2.05, 4.69) is 29.8 Å². The summed E-state index contributed by atoms with van der Waals surface area (Å²) in [6.45, 7) is 7.98.